The molecule has 1 aromatic heterocycles. The Hall–Kier alpha value is -2.30. The van der Waals surface area contributed by atoms with Gasteiger partial charge in [0.15, 0.2) is 0 Å². The van der Waals surface area contributed by atoms with E-state index in [0.29, 0.717) is 5.69 Å². The van der Waals surface area contributed by atoms with Gasteiger partial charge >= 0.3 is 5.97 Å². The Balaban J connectivity index is 2.24. The Morgan fingerprint density at radius 1 is 1.26 bits per heavy atom. The monoisotopic (exact) mass is 260 g/mol. The van der Waals surface area contributed by atoms with Gasteiger partial charge in [0.1, 0.15) is 5.69 Å². The SMILES string of the molecule is CCN(CC)c1ccc(-c2cc(C(=O)O)on2)cc1. The fraction of sp³-hybridized carbons (Fsp3) is 0.286. The molecule has 0 fully saturated rings. The van der Waals surface area contributed by atoms with Gasteiger partial charge in [0.25, 0.3) is 0 Å². The van der Waals surface area contributed by atoms with Gasteiger partial charge in [0, 0.05) is 30.4 Å². The van der Waals surface area contributed by atoms with E-state index in [1.807, 2.05) is 24.3 Å². The first kappa shape index (κ1) is 13.1. The van der Waals surface area contributed by atoms with Gasteiger partial charge in [0.2, 0.25) is 5.76 Å². The molecule has 0 saturated heterocycles. The summed E-state index contributed by atoms with van der Waals surface area (Å²) >= 11 is 0. The maximum absolute atomic E-state index is 10.7. The van der Waals surface area contributed by atoms with Crippen molar-refractivity contribution in [2.45, 2.75) is 13.8 Å². The first-order valence-electron chi connectivity index (χ1n) is 6.21. The number of aromatic carboxylic acids is 1. The van der Waals surface area contributed by atoms with Gasteiger partial charge < -0.3 is 14.5 Å². The second-order valence-electron chi connectivity index (χ2n) is 4.10. The molecule has 0 aliphatic rings. The van der Waals surface area contributed by atoms with Crippen LogP contribution in [-0.4, -0.2) is 29.3 Å². The maximum Gasteiger partial charge on any atom is 0.374 e. The highest BCUT2D eigenvalue weighted by Crippen LogP contribution is 2.23. The molecule has 1 heterocycles. The molecule has 100 valence electrons. The highest BCUT2D eigenvalue weighted by molar-refractivity contribution is 5.85. The second kappa shape index (κ2) is 5.56. The molecule has 0 radical (unpaired) electrons. The number of aromatic nitrogens is 1. The number of carboxylic acids is 1. The number of rotatable bonds is 5. The third kappa shape index (κ3) is 2.76. The molecule has 1 aromatic carbocycles. The van der Waals surface area contributed by atoms with Crippen LogP contribution in [0.2, 0.25) is 0 Å². The highest BCUT2D eigenvalue weighted by atomic mass is 16.5. The highest BCUT2D eigenvalue weighted by Gasteiger charge is 2.12. The van der Waals surface area contributed by atoms with Gasteiger partial charge in [-0.05, 0) is 26.0 Å². The molecule has 5 nitrogen and oxygen atoms in total. The van der Waals surface area contributed by atoms with Crippen LogP contribution in [0, 0.1) is 0 Å². The molecule has 0 bridgehead atoms. The van der Waals surface area contributed by atoms with E-state index < -0.39 is 5.97 Å². The number of hydrogen-bond donors (Lipinski definition) is 1. The van der Waals surface area contributed by atoms with Gasteiger partial charge in [-0.25, -0.2) is 4.79 Å². The van der Waals surface area contributed by atoms with Crippen molar-refractivity contribution in [2.24, 2.45) is 0 Å². The summed E-state index contributed by atoms with van der Waals surface area (Å²) in [7, 11) is 0. The van der Waals surface area contributed by atoms with Crippen LogP contribution in [0.4, 0.5) is 5.69 Å². The lowest BCUT2D eigenvalue weighted by atomic mass is 10.1. The maximum atomic E-state index is 10.7. The molecule has 0 unspecified atom stereocenters. The van der Waals surface area contributed by atoms with Crippen LogP contribution in [0.3, 0.4) is 0 Å². The Morgan fingerprint density at radius 2 is 1.89 bits per heavy atom. The first-order chi connectivity index (χ1) is 9.15. The molecular weight excluding hydrogens is 244 g/mol. The summed E-state index contributed by atoms with van der Waals surface area (Å²) in [5.41, 5.74) is 2.51. The lowest BCUT2D eigenvalue weighted by Gasteiger charge is -2.20. The quantitative estimate of drug-likeness (QED) is 0.895. The second-order valence-corrected chi connectivity index (χ2v) is 4.10. The Kier molecular flexibility index (Phi) is 3.85. The zero-order chi connectivity index (χ0) is 13.8. The fourth-order valence-electron chi connectivity index (χ4n) is 1.94. The predicted molar refractivity (Wildman–Crippen MR) is 72.5 cm³/mol. The third-order valence-electron chi connectivity index (χ3n) is 3.01. The summed E-state index contributed by atoms with van der Waals surface area (Å²) in [6.45, 7) is 6.11. The van der Waals surface area contributed by atoms with E-state index in [2.05, 4.69) is 23.9 Å². The molecule has 0 aliphatic carbocycles. The van der Waals surface area contributed by atoms with Crippen molar-refractivity contribution in [1.82, 2.24) is 5.16 Å². The summed E-state index contributed by atoms with van der Waals surface area (Å²) in [5.74, 6) is -1.26. The fourth-order valence-corrected chi connectivity index (χ4v) is 1.94. The minimum Gasteiger partial charge on any atom is -0.475 e. The molecular formula is C14H16N2O3. The number of anilines is 1. The minimum absolute atomic E-state index is 0.150. The van der Waals surface area contributed by atoms with Crippen LogP contribution in [0.5, 0.6) is 0 Å². The zero-order valence-corrected chi connectivity index (χ0v) is 11.0. The average molecular weight is 260 g/mol. The van der Waals surface area contributed by atoms with E-state index in [0.717, 1.165) is 24.3 Å². The normalized spacial score (nSPS) is 10.4. The minimum atomic E-state index is -1.11. The van der Waals surface area contributed by atoms with E-state index in [9.17, 15) is 4.79 Å². The van der Waals surface area contributed by atoms with Gasteiger partial charge in [-0.3, -0.25) is 0 Å². The van der Waals surface area contributed by atoms with Gasteiger partial charge in [-0.15, -0.1) is 0 Å². The molecule has 0 aliphatic heterocycles. The Morgan fingerprint density at radius 3 is 2.37 bits per heavy atom. The van der Waals surface area contributed by atoms with Crippen LogP contribution in [0.25, 0.3) is 11.3 Å². The van der Waals surface area contributed by atoms with Crippen molar-refractivity contribution >= 4 is 11.7 Å². The van der Waals surface area contributed by atoms with Crippen molar-refractivity contribution < 1.29 is 14.4 Å². The number of carboxylic acid groups (broad SMARTS) is 1. The van der Waals surface area contributed by atoms with Crippen LogP contribution in [0.15, 0.2) is 34.9 Å². The van der Waals surface area contributed by atoms with E-state index in [4.69, 9.17) is 9.63 Å². The van der Waals surface area contributed by atoms with Crippen molar-refractivity contribution in [1.29, 1.82) is 0 Å². The summed E-state index contributed by atoms with van der Waals surface area (Å²) in [4.78, 5) is 13.0. The molecule has 0 saturated carbocycles. The van der Waals surface area contributed by atoms with Gasteiger partial charge in [-0.1, -0.05) is 17.3 Å². The molecule has 19 heavy (non-hydrogen) atoms. The van der Waals surface area contributed by atoms with Gasteiger partial charge in [-0.2, -0.15) is 0 Å². The van der Waals surface area contributed by atoms with E-state index >= 15 is 0 Å². The first-order valence-corrected chi connectivity index (χ1v) is 6.21. The van der Waals surface area contributed by atoms with Crippen molar-refractivity contribution in [3.8, 4) is 11.3 Å². The predicted octanol–water partition coefficient (Wildman–Crippen LogP) is 2.89. The smallest absolute Gasteiger partial charge is 0.374 e. The molecule has 0 amide bonds. The zero-order valence-electron chi connectivity index (χ0n) is 11.0. The van der Waals surface area contributed by atoms with Crippen LogP contribution in [-0.2, 0) is 0 Å². The van der Waals surface area contributed by atoms with Crippen molar-refractivity contribution in [3.05, 3.63) is 36.1 Å². The number of benzene rings is 1. The van der Waals surface area contributed by atoms with E-state index in [1.54, 1.807) is 0 Å². The number of carbonyl (C=O) groups is 1. The lowest BCUT2D eigenvalue weighted by Crippen LogP contribution is -2.21. The summed E-state index contributed by atoms with van der Waals surface area (Å²) in [6, 6.07) is 9.25. The topological polar surface area (TPSA) is 66.6 Å². The molecule has 5 heteroatoms. The lowest BCUT2D eigenvalue weighted by molar-refractivity contribution is 0.0652. The van der Waals surface area contributed by atoms with E-state index in [1.165, 1.54) is 6.07 Å². The van der Waals surface area contributed by atoms with E-state index in [-0.39, 0.29) is 5.76 Å². The Bertz CT molecular complexity index is 556. The summed E-state index contributed by atoms with van der Waals surface area (Å²) in [6.07, 6.45) is 0. The third-order valence-corrected chi connectivity index (χ3v) is 3.01. The molecule has 0 atom stereocenters. The molecule has 1 N–H and O–H groups in total. The standard InChI is InChI=1S/C14H16N2O3/c1-3-16(4-2)11-7-5-10(6-8-11)12-9-13(14(17)18)19-15-12/h5-9H,3-4H2,1-2H3,(H,17,18). The van der Waals surface area contributed by atoms with Gasteiger partial charge in [0.05, 0.1) is 0 Å². The molecule has 2 rings (SSSR count). The van der Waals surface area contributed by atoms with Crippen LogP contribution < -0.4 is 4.90 Å². The van der Waals surface area contributed by atoms with Crippen LogP contribution >= 0.6 is 0 Å². The summed E-state index contributed by atoms with van der Waals surface area (Å²) < 4.78 is 4.74. The van der Waals surface area contributed by atoms with Crippen molar-refractivity contribution in [2.75, 3.05) is 18.0 Å². The number of hydrogen-bond acceptors (Lipinski definition) is 4. The Labute approximate surface area is 111 Å². The van der Waals surface area contributed by atoms with Crippen LogP contribution in [0.1, 0.15) is 24.4 Å². The summed E-state index contributed by atoms with van der Waals surface area (Å²) in [5, 5.41) is 12.5. The average Bonchev–Trinajstić information content (AvgIpc) is 2.91. The number of nitrogens with zero attached hydrogens (tertiary/aromatic N) is 2. The van der Waals surface area contributed by atoms with Crippen molar-refractivity contribution in [3.63, 3.8) is 0 Å². The largest absolute Gasteiger partial charge is 0.475 e. The molecule has 0 spiro atoms. The molecule has 2 aromatic rings.